The van der Waals surface area contributed by atoms with E-state index >= 15 is 0 Å². The van der Waals surface area contributed by atoms with Crippen molar-refractivity contribution in [2.75, 3.05) is 7.11 Å². The molecule has 2 aromatic carbocycles. The summed E-state index contributed by atoms with van der Waals surface area (Å²) in [6, 6.07) is 11.5. The third kappa shape index (κ3) is 6.14. The topological polar surface area (TPSA) is 105 Å². The molecule has 0 aromatic heterocycles. The molecular formula is C21H20F3N4O2+. The fourth-order valence-corrected chi connectivity index (χ4v) is 2.39. The highest BCUT2D eigenvalue weighted by Crippen LogP contribution is 2.29. The third-order valence-electron chi connectivity index (χ3n) is 3.83. The highest BCUT2D eigenvalue weighted by Gasteiger charge is 2.30. The van der Waals surface area contributed by atoms with E-state index in [1.807, 2.05) is 0 Å². The molecule has 0 unspecified atom stereocenters. The number of halogens is 3. The number of aliphatic imine (C=N–C) groups is 1. The zero-order valence-electron chi connectivity index (χ0n) is 16.0. The van der Waals surface area contributed by atoms with E-state index in [4.69, 9.17) is 15.9 Å². The second-order valence-corrected chi connectivity index (χ2v) is 5.92. The fourth-order valence-electron chi connectivity index (χ4n) is 2.39. The number of hydrogen-bond acceptors (Lipinski definition) is 5. The smallest absolute Gasteiger partial charge is 0.416 e. The summed E-state index contributed by atoms with van der Waals surface area (Å²) in [4.78, 5) is 16.6. The Morgan fingerprint density at radius 2 is 1.90 bits per heavy atom. The van der Waals surface area contributed by atoms with Crippen molar-refractivity contribution in [2.24, 2.45) is 10.7 Å². The Hall–Kier alpha value is -3.72. The summed E-state index contributed by atoms with van der Waals surface area (Å²) < 4.78 is 43.5. The van der Waals surface area contributed by atoms with Gasteiger partial charge in [-0.2, -0.15) is 13.2 Å². The van der Waals surface area contributed by atoms with E-state index in [1.54, 1.807) is 24.3 Å². The number of ketones is 1. The summed E-state index contributed by atoms with van der Waals surface area (Å²) in [5.41, 5.74) is 4.86. The third-order valence-corrected chi connectivity index (χ3v) is 3.83. The van der Waals surface area contributed by atoms with E-state index in [9.17, 15) is 18.0 Å². The molecule has 0 spiro atoms. The van der Waals surface area contributed by atoms with Crippen LogP contribution in [0.5, 0.6) is 5.75 Å². The predicted octanol–water partition coefficient (Wildman–Crippen LogP) is 3.26. The highest BCUT2D eigenvalue weighted by molar-refractivity contribution is 6.70. The van der Waals surface area contributed by atoms with Gasteiger partial charge in [-0.15, -0.1) is 0 Å². The maximum absolute atomic E-state index is 12.8. The number of allylic oxidation sites excluding steroid dienone is 2. The van der Waals surface area contributed by atoms with E-state index in [-0.39, 0.29) is 11.4 Å². The zero-order valence-corrected chi connectivity index (χ0v) is 16.0. The van der Waals surface area contributed by atoms with Crippen molar-refractivity contribution in [3.63, 3.8) is 0 Å². The number of nitrogens with one attached hydrogen (secondary N) is 1. The van der Waals surface area contributed by atoms with Gasteiger partial charge in [0.05, 0.1) is 18.4 Å². The second kappa shape index (κ2) is 10.2. The van der Waals surface area contributed by atoms with Crippen molar-refractivity contribution in [2.45, 2.75) is 6.18 Å². The van der Waals surface area contributed by atoms with Gasteiger partial charge in [0.15, 0.2) is 0 Å². The van der Waals surface area contributed by atoms with Gasteiger partial charge >= 0.3 is 6.18 Å². The first-order chi connectivity index (χ1) is 14.3. The Bertz CT molecular complexity index is 1010. The normalized spacial score (nSPS) is 12.5. The molecule has 2 rings (SSSR count). The molecule has 0 saturated heterocycles. The van der Waals surface area contributed by atoms with Crippen LogP contribution in [0.15, 0.2) is 78.1 Å². The number of para-hydroxylation sites is 2. The Morgan fingerprint density at radius 3 is 2.57 bits per heavy atom. The lowest BCUT2D eigenvalue weighted by Crippen LogP contribution is -2.71. The number of hydrogen-bond donors (Lipinski definition) is 3. The quantitative estimate of drug-likeness (QED) is 0.349. The predicted molar refractivity (Wildman–Crippen MR) is 108 cm³/mol. The van der Waals surface area contributed by atoms with Crippen LogP contribution in [0.2, 0.25) is 0 Å². The monoisotopic (exact) mass is 417 g/mol. The maximum Gasteiger partial charge on any atom is 0.416 e. The van der Waals surface area contributed by atoms with Crippen molar-refractivity contribution in [3.05, 3.63) is 78.6 Å². The van der Waals surface area contributed by atoms with Gasteiger partial charge in [0, 0.05) is 12.1 Å². The molecule has 6 nitrogen and oxygen atoms in total. The van der Waals surface area contributed by atoms with E-state index < -0.39 is 23.2 Å². The van der Waals surface area contributed by atoms with Gasteiger partial charge in [0.1, 0.15) is 29.0 Å². The number of methoxy groups -OCH3 is 1. The first-order valence-corrected chi connectivity index (χ1v) is 8.68. The van der Waals surface area contributed by atoms with Gasteiger partial charge in [0.25, 0.3) is 0 Å². The van der Waals surface area contributed by atoms with Crippen LogP contribution in [0.3, 0.4) is 0 Å². The van der Waals surface area contributed by atoms with E-state index in [0.29, 0.717) is 11.4 Å². The summed E-state index contributed by atoms with van der Waals surface area (Å²) in [6.45, 7) is 0. The summed E-state index contributed by atoms with van der Waals surface area (Å²) in [6.07, 6.45) is 0.347. The first kappa shape index (κ1) is 22.6. The summed E-state index contributed by atoms with van der Waals surface area (Å²) in [5.74, 6) is -0.237. The molecule has 0 saturated carbocycles. The molecule has 0 fully saturated rings. The van der Waals surface area contributed by atoms with Gasteiger partial charge in [-0.25, -0.2) is 4.99 Å². The lowest BCUT2D eigenvalue weighted by atomic mass is 10.1. The van der Waals surface area contributed by atoms with E-state index in [2.05, 4.69) is 4.99 Å². The van der Waals surface area contributed by atoms with Crippen LogP contribution in [0.4, 0.5) is 24.5 Å². The minimum absolute atomic E-state index is 0.00992. The molecule has 5 N–H and O–H groups in total. The Balaban J connectivity index is 2.16. The van der Waals surface area contributed by atoms with Crippen LogP contribution in [-0.2, 0) is 11.0 Å². The van der Waals surface area contributed by atoms with Gasteiger partial charge in [0.2, 0.25) is 5.78 Å². The van der Waals surface area contributed by atoms with Crippen molar-refractivity contribution in [3.8, 4) is 5.75 Å². The Labute approximate surface area is 171 Å². The Kier molecular flexibility index (Phi) is 7.65. The average Bonchev–Trinajstić information content (AvgIpc) is 2.72. The van der Waals surface area contributed by atoms with E-state index in [1.165, 1.54) is 36.8 Å². The number of quaternary nitrogens is 1. The molecular weight excluding hydrogens is 397 g/mol. The minimum atomic E-state index is -4.45. The molecule has 0 bridgehead atoms. The second-order valence-electron chi connectivity index (χ2n) is 5.92. The molecule has 0 heterocycles. The fraction of sp³-hybridized carbons (Fsp3) is 0.0952. The lowest BCUT2D eigenvalue weighted by molar-refractivity contribution is -0.496. The van der Waals surface area contributed by atoms with Crippen molar-refractivity contribution < 1.29 is 28.0 Å². The Morgan fingerprint density at radius 1 is 1.17 bits per heavy atom. The molecule has 30 heavy (non-hydrogen) atoms. The molecule has 0 aliphatic rings. The van der Waals surface area contributed by atoms with Crippen LogP contribution in [0.25, 0.3) is 0 Å². The number of rotatable bonds is 8. The number of carbonyl (C=O) groups excluding carboxylic acids is 1. The van der Waals surface area contributed by atoms with Crippen LogP contribution >= 0.6 is 0 Å². The van der Waals surface area contributed by atoms with Crippen LogP contribution in [0.1, 0.15) is 5.56 Å². The summed E-state index contributed by atoms with van der Waals surface area (Å²) in [5, 5.41) is 9.43. The number of nitrogens with zero attached hydrogens (tertiary/aromatic N) is 1. The average molecular weight is 417 g/mol. The number of nitrogens with two attached hydrogens (primary N) is 2. The number of ether oxygens (including phenoxy) is 1. The molecule has 156 valence electrons. The van der Waals surface area contributed by atoms with Gasteiger partial charge in [-0.3, -0.25) is 15.5 Å². The first-order valence-electron chi connectivity index (χ1n) is 8.68. The van der Waals surface area contributed by atoms with E-state index in [0.717, 1.165) is 24.4 Å². The SMILES string of the molecule is COc1ccccc1N=C(C=CN)C(=N)C(=O)C=C[NH2+]c1cccc(C(F)(F)F)c1. The zero-order chi connectivity index (χ0) is 22.1. The number of alkyl halides is 3. The van der Waals surface area contributed by atoms with Gasteiger partial charge in [-0.1, -0.05) is 18.2 Å². The molecule has 9 heteroatoms. The van der Waals surface area contributed by atoms with Crippen molar-refractivity contribution in [1.82, 2.24) is 0 Å². The van der Waals surface area contributed by atoms with Crippen LogP contribution in [-0.4, -0.2) is 24.3 Å². The largest absolute Gasteiger partial charge is 0.494 e. The standard InChI is InChI=1S/C21H19F3N4O2/c1-30-19-8-3-2-7-16(19)28-17(9-11-25)20(26)18(29)10-12-27-15-6-4-5-14(13-15)21(22,23)24/h2-13,26-27H,25H2,1H3/p+1. The van der Waals surface area contributed by atoms with Gasteiger partial charge < -0.3 is 10.5 Å². The summed E-state index contributed by atoms with van der Waals surface area (Å²) >= 11 is 0. The lowest BCUT2D eigenvalue weighted by Gasteiger charge is -2.06. The highest BCUT2D eigenvalue weighted by atomic mass is 19.4. The van der Waals surface area contributed by atoms with Gasteiger partial charge in [-0.05, 0) is 36.5 Å². The molecule has 0 amide bonds. The van der Waals surface area contributed by atoms with Crippen LogP contribution in [0, 0.1) is 5.41 Å². The molecule has 0 aliphatic carbocycles. The number of carbonyl (C=O) groups is 1. The maximum atomic E-state index is 12.8. The minimum Gasteiger partial charge on any atom is -0.494 e. The molecule has 0 atom stereocenters. The van der Waals surface area contributed by atoms with Crippen LogP contribution < -0.4 is 15.8 Å². The molecule has 2 aromatic rings. The molecule has 0 aliphatic heterocycles. The summed E-state index contributed by atoms with van der Waals surface area (Å²) in [7, 11) is 1.47. The van der Waals surface area contributed by atoms with Crippen molar-refractivity contribution >= 4 is 28.6 Å². The van der Waals surface area contributed by atoms with Crippen molar-refractivity contribution in [1.29, 1.82) is 5.41 Å². The number of benzene rings is 2. The molecule has 0 radical (unpaired) electrons.